The summed E-state index contributed by atoms with van der Waals surface area (Å²) in [4.78, 5) is 0. The van der Waals surface area contributed by atoms with Gasteiger partial charge >= 0.3 is 0 Å². The van der Waals surface area contributed by atoms with E-state index < -0.39 is 0 Å². The van der Waals surface area contributed by atoms with Crippen molar-refractivity contribution < 1.29 is 4.39 Å². The lowest BCUT2D eigenvalue weighted by molar-refractivity contribution is 0.581. The summed E-state index contributed by atoms with van der Waals surface area (Å²) < 4.78 is 14.3. The Morgan fingerprint density at radius 1 is 0.821 bits per heavy atom. The molecule has 2 aromatic carbocycles. The molecular formula is C26H34FN. The van der Waals surface area contributed by atoms with Gasteiger partial charge in [-0.3, -0.25) is 0 Å². The Morgan fingerprint density at radius 3 is 2.29 bits per heavy atom. The third kappa shape index (κ3) is 5.04. The highest BCUT2D eigenvalue weighted by Gasteiger charge is 2.26. The Kier molecular flexibility index (Phi) is 7.71. The van der Waals surface area contributed by atoms with E-state index in [9.17, 15) is 4.39 Å². The van der Waals surface area contributed by atoms with E-state index in [4.69, 9.17) is 0 Å². The second-order valence-corrected chi connectivity index (χ2v) is 8.02. The number of unbranched alkanes of at least 4 members (excludes halogenated alkanes) is 7. The van der Waals surface area contributed by atoms with Gasteiger partial charge in [0.05, 0.1) is 0 Å². The summed E-state index contributed by atoms with van der Waals surface area (Å²) >= 11 is 0. The van der Waals surface area contributed by atoms with Gasteiger partial charge in [-0.2, -0.15) is 0 Å². The molecule has 1 aliphatic carbocycles. The van der Waals surface area contributed by atoms with Crippen molar-refractivity contribution in [2.24, 2.45) is 0 Å². The number of nitrogens with one attached hydrogen (secondary N) is 1. The molecule has 2 heteroatoms. The van der Waals surface area contributed by atoms with Gasteiger partial charge in [0.2, 0.25) is 0 Å². The van der Waals surface area contributed by atoms with Crippen LogP contribution in [0.15, 0.2) is 48.5 Å². The van der Waals surface area contributed by atoms with Crippen LogP contribution in [0.4, 0.5) is 10.1 Å². The second-order valence-electron chi connectivity index (χ2n) is 8.02. The van der Waals surface area contributed by atoms with Gasteiger partial charge in [0.15, 0.2) is 0 Å². The third-order valence-electron chi connectivity index (χ3n) is 5.83. The minimum absolute atomic E-state index is 0.113. The normalized spacial score (nSPS) is 15.4. The molecule has 0 aliphatic heterocycles. The van der Waals surface area contributed by atoms with E-state index >= 15 is 0 Å². The lowest BCUT2D eigenvalue weighted by Crippen LogP contribution is -2.07. The zero-order chi connectivity index (χ0) is 19.8. The maximum atomic E-state index is 14.3. The zero-order valence-electron chi connectivity index (χ0n) is 17.4. The number of halogens is 1. The maximum Gasteiger partial charge on any atom is 0.130 e. The lowest BCUT2D eigenvalue weighted by Gasteiger charge is -2.17. The molecular weight excluding hydrogens is 345 g/mol. The fourth-order valence-corrected chi connectivity index (χ4v) is 4.31. The van der Waals surface area contributed by atoms with Crippen molar-refractivity contribution in [3.05, 3.63) is 71.0 Å². The van der Waals surface area contributed by atoms with E-state index in [1.807, 2.05) is 13.0 Å². The number of anilines is 1. The fraction of sp³-hybridized carbons (Fsp3) is 0.462. The first kappa shape index (κ1) is 20.6. The Hall–Kier alpha value is -2.09. The Balaban J connectivity index is 1.56. The van der Waals surface area contributed by atoms with Crippen LogP contribution in [0.5, 0.6) is 0 Å². The molecule has 0 heterocycles. The molecule has 0 saturated heterocycles. The molecule has 1 N–H and O–H groups in total. The molecule has 0 bridgehead atoms. The van der Waals surface area contributed by atoms with Crippen LogP contribution < -0.4 is 5.32 Å². The van der Waals surface area contributed by atoms with Crippen LogP contribution >= 0.6 is 0 Å². The predicted molar refractivity (Wildman–Crippen MR) is 119 cm³/mol. The number of hydrogen-bond acceptors (Lipinski definition) is 1. The van der Waals surface area contributed by atoms with Crippen LogP contribution in [0, 0.1) is 5.82 Å². The van der Waals surface area contributed by atoms with Crippen LogP contribution in [0.2, 0.25) is 0 Å². The van der Waals surface area contributed by atoms with Crippen LogP contribution in [-0.4, -0.2) is 6.54 Å². The molecule has 0 aromatic heterocycles. The first-order chi connectivity index (χ1) is 13.7. The van der Waals surface area contributed by atoms with Gasteiger partial charge < -0.3 is 5.32 Å². The van der Waals surface area contributed by atoms with E-state index in [1.165, 1.54) is 62.6 Å². The summed E-state index contributed by atoms with van der Waals surface area (Å²) in [6.07, 6.45) is 12.9. The number of hydrogen-bond donors (Lipinski definition) is 1. The molecule has 1 unspecified atom stereocenters. The van der Waals surface area contributed by atoms with Gasteiger partial charge in [0.1, 0.15) is 5.82 Å². The number of para-hydroxylation sites is 1. The first-order valence-corrected chi connectivity index (χ1v) is 11.0. The van der Waals surface area contributed by atoms with Crippen LogP contribution in [0.3, 0.4) is 0 Å². The molecule has 1 nitrogen and oxygen atoms in total. The molecule has 3 rings (SSSR count). The fourth-order valence-electron chi connectivity index (χ4n) is 4.31. The van der Waals surface area contributed by atoms with Gasteiger partial charge in [-0.15, -0.1) is 0 Å². The Morgan fingerprint density at radius 2 is 1.50 bits per heavy atom. The molecule has 1 atom stereocenters. The largest absolute Gasteiger partial charge is 0.385 e. The van der Waals surface area contributed by atoms with Crippen molar-refractivity contribution in [2.75, 3.05) is 11.9 Å². The number of allylic oxidation sites excluding steroid dienone is 2. The van der Waals surface area contributed by atoms with Crippen molar-refractivity contribution in [1.29, 1.82) is 0 Å². The van der Waals surface area contributed by atoms with E-state index in [2.05, 4.69) is 48.6 Å². The van der Waals surface area contributed by atoms with E-state index in [-0.39, 0.29) is 11.7 Å². The molecule has 0 amide bonds. The third-order valence-corrected chi connectivity index (χ3v) is 5.83. The van der Waals surface area contributed by atoms with E-state index in [0.29, 0.717) is 0 Å². The average Bonchev–Trinajstić information content (AvgIpc) is 3.05. The van der Waals surface area contributed by atoms with Crippen molar-refractivity contribution in [1.82, 2.24) is 0 Å². The minimum atomic E-state index is -0.113. The summed E-state index contributed by atoms with van der Waals surface area (Å²) in [6.45, 7) is 5.27. The molecule has 0 saturated carbocycles. The summed E-state index contributed by atoms with van der Waals surface area (Å²) in [5.74, 6) is 0.0195. The lowest BCUT2D eigenvalue weighted by atomic mass is 9.91. The van der Waals surface area contributed by atoms with Crippen LogP contribution in [-0.2, 0) is 0 Å². The monoisotopic (exact) mass is 379 g/mol. The SMILES string of the molecule is CCCCCCCCCCNc1ccccc1C1C=C(C)c2c(F)cccc21. The molecule has 0 fully saturated rings. The van der Waals surface area contributed by atoms with Gasteiger partial charge in [0, 0.05) is 23.7 Å². The summed E-state index contributed by atoms with van der Waals surface area (Å²) in [6, 6.07) is 13.9. The smallest absolute Gasteiger partial charge is 0.130 e. The summed E-state index contributed by atoms with van der Waals surface area (Å²) in [5.41, 5.74) is 5.32. The average molecular weight is 380 g/mol. The molecule has 0 radical (unpaired) electrons. The second kappa shape index (κ2) is 10.5. The van der Waals surface area contributed by atoms with Crippen LogP contribution in [0.1, 0.15) is 87.8 Å². The topological polar surface area (TPSA) is 12.0 Å². The standard InChI is InChI=1S/C26H34FN/c1-3-4-5-6-7-8-9-12-18-28-25-17-11-10-14-21(25)23-19-20(2)26-22(23)15-13-16-24(26)27/h10-11,13-17,19,23,28H,3-9,12,18H2,1-2H3. The molecule has 150 valence electrons. The number of fused-ring (bicyclic) bond motifs is 1. The highest BCUT2D eigenvalue weighted by Crippen LogP contribution is 2.42. The summed E-state index contributed by atoms with van der Waals surface area (Å²) in [7, 11) is 0. The number of benzene rings is 2. The van der Waals surface area contributed by atoms with Crippen molar-refractivity contribution in [3.8, 4) is 0 Å². The van der Waals surface area contributed by atoms with Crippen LogP contribution in [0.25, 0.3) is 5.57 Å². The molecule has 1 aliphatic rings. The highest BCUT2D eigenvalue weighted by molar-refractivity contribution is 5.77. The zero-order valence-corrected chi connectivity index (χ0v) is 17.4. The highest BCUT2D eigenvalue weighted by atomic mass is 19.1. The van der Waals surface area contributed by atoms with Crippen molar-refractivity contribution in [2.45, 2.75) is 71.1 Å². The molecule has 2 aromatic rings. The van der Waals surface area contributed by atoms with E-state index in [1.54, 1.807) is 6.07 Å². The quantitative estimate of drug-likeness (QED) is 0.391. The summed E-state index contributed by atoms with van der Waals surface area (Å²) in [5, 5.41) is 3.64. The van der Waals surface area contributed by atoms with E-state index in [0.717, 1.165) is 23.2 Å². The predicted octanol–water partition coefficient (Wildman–Crippen LogP) is 7.93. The maximum absolute atomic E-state index is 14.3. The van der Waals surface area contributed by atoms with Gasteiger partial charge in [0.25, 0.3) is 0 Å². The first-order valence-electron chi connectivity index (χ1n) is 11.0. The van der Waals surface area contributed by atoms with Crippen molar-refractivity contribution in [3.63, 3.8) is 0 Å². The van der Waals surface area contributed by atoms with Gasteiger partial charge in [-0.1, -0.05) is 88.3 Å². The van der Waals surface area contributed by atoms with Crippen molar-refractivity contribution >= 4 is 11.3 Å². The molecule has 28 heavy (non-hydrogen) atoms. The minimum Gasteiger partial charge on any atom is -0.385 e. The van der Waals surface area contributed by atoms with Gasteiger partial charge in [-0.25, -0.2) is 4.39 Å². The Labute approximate surface area is 170 Å². The molecule has 0 spiro atoms. The number of rotatable bonds is 11. The van der Waals surface area contributed by atoms with Gasteiger partial charge in [-0.05, 0) is 42.2 Å². The Bertz CT molecular complexity index is 793.